The van der Waals surface area contributed by atoms with Gasteiger partial charge in [0, 0.05) is 25.2 Å². The number of carbonyl (C=O) groups excluding carboxylic acids is 1. The highest BCUT2D eigenvalue weighted by molar-refractivity contribution is 7.89. The minimum absolute atomic E-state index is 0.185. The number of benzene rings is 2. The van der Waals surface area contributed by atoms with Crippen LogP contribution in [-0.2, 0) is 27.9 Å². The maximum atomic E-state index is 12.2. The molecule has 0 bridgehead atoms. The molecule has 0 aliphatic carbocycles. The Labute approximate surface area is 173 Å². The second-order valence-electron chi connectivity index (χ2n) is 7.11. The number of hydrogen-bond acceptors (Lipinski definition) is 4. The van der Waals surface area contributed by atoms with Crippen molar-refractivity contribution in [3.63, 3.8) is 0 Å². The number of amides is 1. The number of rotatable bonds is 9. The van der Waals surface area contributed by atoms with Crippen LogP contribution in [0.4, 0.5) is 0 Å². The quantitative estimate of drug-likeness (QED) is 0.618. The van der Waals surface area contributed by atoms with E-state index in [0.717, 1.165) is 17.7 Å². The van der Waals surface area contributed by atoms with Crippen LogP contribution in [0.15, 0.2) is 59.5 Å². The predicted molar refractivity (Wildman–Crippen MR) is 117 cm³/mol. The van der Waals surface area contributed by atoms with Gasteiger partial charge in [-0.05, 0) is 62.8 Å². The Morgan fingerprint density at radius 3 is 2.28 bits per heavy atom. The van der Waals surface area contributed by atoms with Gasteiger partial charge in [-0.3, -0.25) is 9.69 Å². The van der Waals surface area contributed by atoms with E-state index in [1.807, 2.05) is 18.2 Å². The average molecular weight is 416 g/mol. The lowest BCUT2D eigenvalue weighted by atomic mass is 10.1. The first-order chi connectivity index (χ1) is 13.7. The summed E-state index contributed by atoms with van der Waals surface area (Å²) < 4.78 is 25.7. The van der Waals surface area contributed by atoms with Crippen molar-refractivity contribution in [3.8, 4) is 0 Å². The highest BCUT2D eigenvalue weighted by atomic mass is 32.2. The van der Waals surface area contributed by atoms with Gasteiger partial charge in [-0.1, -0.05) is 36.4 Å². The van der Waals surface area contributed by atoms with E-state index < -0.39 is 10.0 Å². The Hall–Kier alpha value is -2.48. The summed E-state index contributed by atoms with van der Waals surface area (Å²) in [4.78, 5) is 14.6. The number of nitrogens with zero attached hydrogens (tertiary/aromatic N) is 1. The lowest BCUT2D eigenvalue weighted by molar-refractivity contribution is -0.116. The first kappa shape index (κ1) is 22.8. The molecule has 0 fully saturated rings. The Morgan fingerprint density at radius 1 is 1.07 bits per heavy atom. The third-order valence-corrected chi connectivity index (χ3v) is 6.19. The highest BCUT2D eigenvalue weighted by Gasteiger charge is 2.10. The lowest BCUT2D eigenvalue weighted by Crippen LogP contribution is -2.27. The van der Waals surface area contributed by atoms with Crippen molar-refractivity contribution in [1.82, 2.24) is 14.9 Å². The van der Waals surface area contributed by atoms with Gasteiger partial charge in [-0.15, -0.1) is 0 Å². The van der Waals surface area contributed by atoms with Crippen LogP contribution >= 0.6 is 0 Å². The molecular formula is C22H29N3O3S. The average Bonchev–Trinajstić information content (AvgIpc) is 2.71. The zero-order valence-corrected chi connectivity index (χ0v) is 18.2. The fourth-order valence-corrected chi connectivity index (χ4v) is 3.35. The minimum Gasteiger partial charge on any atom is -0.348 e. The Bertz CT molecular complexity index is 952. The molecule has 0 saturated carbocycles. The molecule has 0 heterocycles. The van der Waals surface area contributed by atoms with Gasteiger partial charge in [0.15, 0.2) is 0 Å². The lowest BCUT2D eigenvalue weighted by Gasteiger charge is -2.22. The zero-order valence-electron chi connectivity index (χ0n) is 17.3. The smallest absolute Gasteiger partial charge is 0.244 e. The van der Waals surface area contributed by atoms with Crippen molar-refractivity contribution >= 4 is 22.0 Å². The van der Waals surface area contributed by atoms with Crippen molar-refractivity contribution < 1.29 is 13.2 Å². The van der Waals surface area contributed by atoms with Crippen molar-refractivity contribution in [3.05, 3.63) is 71.3 Å². The van der Waals surface area contributed by atoms with E-state index in [-0.39, 0.29) is 10.8 Å². The molecule has 0 spiro atoms. The van der Waals surface area contributed by atoms with E-state index in [2.05, 4.69) is 41.9 Å². The minimum atomic E-state index is -3.46. The summed E-state index contributed by atoms with van der Waals surface area (Å²) in [6, 6.07) is 14.8. The monoisotopic (exact) mass is 415 g/mol. The third-order valence-electron chi connectivity index (χ3n) is 4.76. The van der Waals surface area contributed by atoms with Gasteiger partial charge in [0.1, 0.15) is 0 Å². The normalized spacial score (nSPS) is 12.1. The van der Waals surface area contributed by atoms with Crippen LogP contribution in [0.25, 0.3) is 6.08 Å². The molecule has 0 aromatic heterocycles. The Morgan fingerprint density at radius 2 is 1.69 bits per heavy atom. The molecule has 2 aromatic carbocycles. The molecule has 2 N–H and O–H groups in total. The van der Waals surface area contributed by atoms with Crippen LogP contribution in [-0.4, -0.2) is 39.4 Å². The largest absolute Gasteiger partial charge is 0.348 e. The molecule has 29 heavy (non-hydrogen) atoms. The number of sulfonamides is 1. The fraction of sp³-hybridized carbons (Fsp3) is 0.318. The van der Waals surface area contributed by atoms with Gasteiger partial charge < -0.3 is 5.32 Å². The second-order valence-corrected chi connectivity index (χ2v) is 8.99. The van der Waals surface area contributed by atoms with Gasteiger partial charge in [-0.25, -0.2) is 13.1 Å². The summed E-state index contributed by atoms with van der Waals surface area (Å²) in [7, 11) is -0.0139. The van der Waals surface area contributed by atoms with Gasteiger partial charge in [0.05, 0.1) is 4.90 Å². The summed E-state index contributed by atoms with van der Waals surface area (Å²) in [5.41, 5.74) is 3.02. The standard InChI is InChI=1S/C22H29N3O3S/c1-17(2)25(4)16-20-8-6-5-7-19(20)15-24-22(26)14-11-18-9-12-21(13-10-18)29(27,28)23-3/h5-14,17,23H,15-16H2,1-4H3,(H,24,26)/b14-11+. The summed E-state index contributed by atoms with van der Waals surface area (Å²) in [6.07, 6.45) is 3.11. The molecule has 7 heteroatoms. The molecule has 6 nitrogen and oxygen atoms in total. The highest BCUT2D eigenvalue weighted by Crippen LogP contribution is 2.13. The van der Waals surface area contributed by atoms with Crippen LogP contribution in [0.3, 0.4) is 0 Å². The molecule has 1 amide bonds. The number of hydrogen-bond donors (Lipinski definition) is 2. The summed E-state index contributed by atoms with van der Waals surface area (Å²) >= 11 is 0. The van der Waals surface area contributed by atoms with E-state index in [9.17, 15) is 13.2 Å². The maximum absolute atomic E-state index is 12.2. The van der Waals surface area contributed by atoms with Gasteiger partial charge in [0.2, 0.25) is 15.9 Å². The summed E-state index contributed by atoms with van der Waals surface area (Å²) in [5.74, 6) is -0.205. The number of carbonyl (C=O) groups is 1. The summed E-state index contributed by atoms with van der Waals surface area (Å²) in [5, 5.41) is 2.91. The predicted octanol–water partition coefficient (Wildman–Crippen LogP) is 2.76. The van der Waals surface area contributed by atoms with E-state index in [0.29, 0.717) is 12.6 Å². The molecular weight excluding hydrogens is 386 g/mol. The van der Waals surface area contributed by atoms with E-state index in [4.69, 9.17) is 0 Å². The van der Waals surface area contributed by atoms with Crippen LogP contribution in [0.1, 0.15) is 30.5 Å². The van der Waals surface area contributed by atoms with E-state index >= 15 is 0 Å². The summed E-state index contributed by atoms with van der Waals surface area (Å²) in [6.45, 7) is 5.57. The topological polar surface area (TPSA) is 78.5 Å². The van der Waals surface area contributed by atoms with Gasteiger partial charge >= 0.3 is 0 Å². The fourth-order valence-electron chi connectivity index (χ4n) is 2.62. The molecule has 2 aromatic rings. The van der Waals surface area contributed by atoms with Crippen molar-refractivity contribution in [2.45, 2.75) is 37.9 Å². The molecule has 0 atom stereocenters. The van der Waals surface area contributed by atoms with Crippen molar-refractivity contribution in [1.29, 1.82) is 0 Å². The van der Waals surface area contributed by atoms with Crippen molar-refractivity contribution in [2.75, 3.05) is 14.1 Å². The third kappa shape index (κ3) is 6.81. The van der Waals surface area contributed by atoms with Crippen LogP contribution in [0.2, 0.25) is 0 Å². The first-order valence-corrected chi connectivity index (χ1v) is 11.0. The van der Waals surface area contributed by atoms with E-state index in [1.165, 1.54) is 30.8 Å². The molecule has 2 rings (SSSR count). The second kappa shape index (κ2) is 10.3. The Kier molecular flexibility index (Phi) is 8.13. The van der Waals surface area contributed by atoms with Crippen molar-refractivity contribution in [2.24, 2.45) is 0 Å². The van der Waals surface area contributed by atoms with Crippen LogP contribution < -0.4 is 10.0 Å². The van der Waals surface area contributed by atoms with Crippen LogP contribution in [0, 0.1) is 0 Å². The van der Waals surface area contributed by atoms with Gasteiger partial charge in [0.25, 0.3) is 0 Å². The molecule has 0 aliphatic heterocycles. The number of nitrogens with one attached hydrogen (secondary N) is 2. The first-order valence-electron chi connectivity index (χ1n) is 9.49. The van der Waals surface area contributed by atoms with Crippen LogP contribution in [0.5, 0.6) is 0 Å². The zero-order chi connectivity index (χ0) is 21.4. The van der Waals surface area contributed by atoms with Gasteiger partial charge in [-0.2, -0.15) is 0 Å². The molecule has 0 unspecified atom stereocenters. The molecule has 0 aliphatic rings. The SMILES string of the molecule is CNS(=O)(=O)c1ccc(/C=C/C(=O)NCc2ccccc2CN(C)C(C)C)cc1. The molecule has 0 saturated heterocycles. The molecule has 156 valence electrons. The Balaban J connectivity index is 1.97. The maximum Gasteiger partial charge on any atom is 0.244 e. The van der Waals surface area contributed by atoms with E-state index in [1.54, 1.807) is 18.2 Å². The molecule has 0 radical (unpaired) electrons.